The van der Waals surface area contributed by atoms with Crippen LogP contribution in [0.5, 0.6) is 0 Å². The lowest BCUT2D eigenvalue weighted by molar-refractivity contribution is 0.313. The Labute approximate surface area is 170 Å². The second kappa shape index (κ2) is 7.95. The molecule has 0 amide bonds. The average Bonchev–Trinajstić information content (AvgIpc) is 3.52. The molecule has 29 heavy (non-hydrogen) atoms. The molecule has 0 saturated carbocycles. The maximum Gasteiger partial charge on any atom is 0.190 e. The molecule has 2 atom stereocenters. The highest BCUT2D eigenvalue weighted by molar-refractivity contribution is 5.81. The third-order valence-electron chi connectivity index (χ3n) is 5.27. The minimum Gasteiger partial charge on any atom is -0.478 e. The third kappa shape index (κ3) is 4.09. The Kier molecular flexibility index (Phi) is 4.87. The number of ether oxygens (including phenoxy) is 2. The summed E-state index contributed by atoms with van der Waals surface area (Å²) in [4.78, 5) is 12.9. The average molecular weight is 385 g/mol. The molecular formula is C24H23N3O2. The Bertz CT molecular complexity index is 943. The Morgan fingerprint density at radius 3 is 1.55 bits per heavy atom. The number of aromatic nitrogens is 1. The van der Waals surface area contributed by atoms with Crippen molar-refractivity contribution in [1.82, 2.24) is 4.98 Å². The second-order valence-corrected chi connectivity index (χ2v) is 7.38. The standard InChI is InChI=1S/C24H23N3O2/c1-3-7-17(8-4-1)21-15-28-23(26-21)13-19-11-12-20(25-19)14-24-27-22(16-29-24)18-9-5-2-6-10-18/h1-12,21-22,25H,13-16H2/t21-,22-/m1/s1. The predicted octanol–water partition coefficient (Wildman–Crippen LogP) is 4.44. The highest BCUT2D eigenvalue weighted by Gasteiger charge is 2.22. The van der Waals surface area contributed by atoms with E-state index in [2.05, 4.69) is 41.4 Å². The van der Waals surface area contributed by atoms with E-state index >= 15 is 0 Å². The molecular weight excluding hydrogens is 362 g/mol. The quantitative estimate of drug-likeness (QED) is 0.682. The van der Waals surface area contributed by atoms with Crippen molar-refractivity contribution in [2.75, 3.05) is 13.2 Å². The molecule has 0 unspecified atom stereocenters. The molecule has 0 bridgehead atoms. The van der Waals surface area contributed by atoms with Gasteiger partial charge in [0.25, 0.3) is 0 Å². The monoisotopic (exact) mass is 385 g/mol. The van der Waals surface area contributed by atoms with E-state index < -0.39 is 0 Å². The van der Waals surface area contributed by atoms with Gasteiger partial charge in [0.1, 0.15) is 25.3 Å². The molecule has 0 saturated heterocycles. The Balaban J connectivity index is 1.21. The van der Waals surface area contributed by atoms with E-state index in [1.54, 1.807) is 0 Å². The van der Waals surface area contributed by atoms with Gasteiger partial charge in [0.15, 0.2) is 11.8 Å². The molecule has 3 heterocycles. The van der Waals surface area contributed by atoms with Crippen LogP contribution in [0.3, 0.4) is 0 Å². The van der Waals surface area contributed by atoms with Crippen LogP contribution < -0.4 is 0 Å². The summed E-state index contributed by atoms with van der Waals surface area (Å²) in [6, 6.07) is 24.9. The zero-order valence-corrected chi connectivity index (χ0v) is 16.1. The molecule has 1 N–H and O–H groups in total. The second-order valence-electron chi connectivity index (χ2n) is 7.38. The lowest BCUT2D eigenvalue weighted by Gasteiger charge is -2.03. The largest absolute Gasteiger partial charge is 0.478 e. The molecule has 5 rings (SSSR count). The maximum absolute atomic E-state index is 5.81. The van der Waals surface area contributed by atoms with Crippen molar-refractivity contribution < 1.29 is 9.47 Å². The van der Waals surface area contributed by atoms with Crippen LogP contribution in [-0.2, 0) is 22.3 Å². The van der Waals surface area contributed by atoms with E-state index in [1.165, 1.54) is 11.1 Å². The van der Waals surface area contributed by atoms with Gasteiger partial charge in [-0.1, -0.05) is 60.7 Å². The van der Waals surface area contributed by atoms with Crippen LogP contribution in [0, 0.1) is 0 Å². The van der Waals surface area contributed by atoms with Crippen molar-refractivity contribution in [3.8, 4) is 0 Å². The first-order valence-electron chi connectivity index (χ1n) is 9.99. The molecule has 2 aliphatic heterocycles. The number of benzene rings is 2. The van der Waals surface area contributed by atoms with E-state index in [0.717, 1.165) is 23.2 Å². The minimum absolute atomic E-state index is 0.0943. The molecule has 0 fully saturated rings. The van der Waals surface area contributed by atoms with Crippen molar-refractivity contribution in [1.29, 1.82) is 0 Å². The van der Waals surface area contributed by atoms with Crippen molar-refractivity contribution >= 4 is 11.8 Å². The number of hydrogen-bond acceptors (Lipinski definition) is 4. The first-order chi connectivity index (χ1) is 14.3. The first kappa shape index (κ1) is 17.7. The van der Waals surface area contributed by atoms with Gasteiger partial charge in [0.05, 0.1) is 12.8 Å². The summed E-state index contributed by atoms with van der Waals surface area (Å²) in [7, 11) is 0. The molecule has 2 aliphatic rings. The Morgan fingerprint density at radius 1 is 0.655 bits per heavy atom. The lowest BCUT2D eigenvalue weighted by Crippen LogP contribution is -2.05. The van der Waals surface area contributed by atoms with Gasteiger partial charge in [-0.05, 0) is 23.3 Å². The fourth-order valence-corrected chi connectivity index (χ4v) is 3.76. The van der Waals surface area contributed by atoms with Crippen LogP contribution in [0.4, 0.5) is 0 Å². The number of aliphatic imine (C=N–C) groups is 2. The van der Waals surface area contributed by atoms with E-state index in [1.807, 2.05) is 36.4 Å². The number of rotatable bonds is 6. The topological polar surface area (TPSA) is 59.0 Å². The van der Waals surface area contributed by atoms with Gasteiger partial charge in [-0.2, -0.15) is 0 Å². The Hall–Kier alpha value is -3.34. The van der Waals surface area contributed by atoms with Gasteiger partial charge in [-0.25, -0.2) is 9.98 Å². The van der Waals surface area contributed by atoms with E-state index in [4.69, 9.17) is 19.5 Å². The third-order valence-corrected chi connectivity index (χ3v) is 5.27. The molecule has 0 spiro atoms. The van der Waals surface area contributed by atoms with Gasteiger partial charge < -0.3 is 14.5 Å². The number of nitrogens with one attached hydrogen (secondary N) is 1. The van der Waals surface area contributed by atoms with E-state index in [9.17, 15) is 0 Å². The van der Waals surface area contributed by atoms with Gasteiger partial charge in [-0.15, -0.1) is 0 Å². The summed E-state index contributed by atoms with van der Waals surface area (Å²) in [6.45, 7) is 1.22. The van der Waals surface area contributed by atoms with E-state index in [0.29, 0.717) is 26.1 Å². The fraction of sp³-hybridized carbons (Fsp3) is 0.250. The van der Waals surface area contributed by atoms with Crippen LogP contribution in [0.2, 0.25) is 0 Å². The lowest BCUT2D eigenvalue weighted by atomic mass is 10.1. The summed E-state index contributed by atoms with van der Waals surface area (Å²) in [6.07, 6.45) is 1.34. The number of hydrogen-bond donors (Lipinski definition) is 1. The van der Waals surface area contributed by atoms with Crippen molar-refractivity contribution in [3.63, 3.8) is 0 Å². The van der Waals surface area contributed by atoms with Crippen LogP contribution in [-0.4, -0.2) is 30.0 Å². The normalized spacial score (nSPS) is 20.7. The van der Waals surface area contributed by atoms with E-state index in [-0.39, 0.29) is 12.1 Å². The first-order valence-corrected chi connectivity index (χ1v) is 9.99. The van der Waals surface area contributed by atoms with Crippen LogP contribution in [0.15, 0.2) is 82.8 Å². The van der Waals surface area contributed by atoms with Gasteiger partial charge in [0.2, 0.25) is 0 Å². The number of H-pyrrole nitrogens is 1. The van der Waals surface area contributed by atoms with Crippen molar-refractivity contribution in [3.05, 3.63) is 95.3 Å². The molecule has 3 aromatic rings. The van der Waals surface area contributed by atoms with Gasteiger partial charge >= 0.3 is 0 Å². The Morgan fingerprint density at radius 2 is 1.10 bits per heavy atom. The number of aromatic amines is 1. The molecule has 5 heteroatoms. The highest BCUT2D eigenvalue weighted by Crippen LogP contribution is 2.25. The van der Waals surface area contributed by atoms with Crippen LogP contribution in [0.1, 0.15) is 34.6 Å². The molecule has 1 aromatic heterocycles. The summed E-state index contributed by atoms with van der Waals surface area (Å²) in [5.74, 6) is 1.57. The fourth-order valence-electron chi connectivity index (χ4n) is 3.76. The van der Waals surface area contributed by atoms with Crippen molar-refractivity contribution in [2.24, 2.45) is 9.98 Å². The zero-order valence-electron chi connectivity index (χ0n) is 16.1. The van der Waals surface area contributed by atoms with Crippen LogP contribution >= 0.6 is 0 Å². The van der Waals surface area contributed by atoms with Crippen LogP contribution in [0.25, 0.3) is 0 Å². The molecule has 5 nitrogen and oxygen atoms in total. The van der Waals surface area contributed by atoms with Crippen molar-refractivity contribution in [2.45, 2.75) is 24.9 Å². The zero-order chi connectivity index (χ0) is 19.5. The summed E-state index contributed by atoms with van der Waals surface area (Å²) >= 11 is 0. The summed E-state index contributed by atoms with van der Waals surface area (Å²) in [5, 5.41) is 0. The molecule has 146 valence electrons. The summed E-state index contributed by atoms with van der Waals surface area (Å²) in [5.41, 5.74) is 4.56. The molecule has 0 radical (unpaired) electrons. The maximum atomic E-state index is 5.81. The SMILES string of the molecule is c1ccc([C@H]2COC(Cc3ccc(CC4=N[C@@H](c5ccccc5)CO4)[nH]3)=N2)cc1. The van der Waals surface area contributed by atoms with Gasteiger partial charge in [0, 0.05) is 11.4 Å². The smallest absolute Gasteiger partial charge is 0.190 e. The summed E-state index contributed by atoms with van der Waals surface area (Å²) < 4.78 is 11.6. The highest BCUT2D eigenvalue weighted by atomic mass is 16.5. The molecule has 2 aromatic carbocycles. The van der Waals surface area contributed by atoms with Gasteiger partial charge in [-0.3, -0.25) is 0 Å². The number of nitrogens with zero attached hydrogens (tertiary/aromatic N) is 2. The minimum atomic E-state index is 0.0943. The predicted molar refractivity (Wildman–Crippen MR) is 113 cm³/mol. The molecule has 0 aliphatic carbocycles.